The second-order valence-electron chi connectivity index (χ2n) is 5.04. The Kier molecular flexibility index (Phi) is 9.38. The lowest BCUT2D eigenvalue weighted by molar-refractivity contribution is -0.123. The molecule has 1 aliphatic rings. The number of hydrogen-bond donors (Lipinski definition) is 2. The van der Waals surface area contributed by atoms with Crippen LogP contribution < -0.4 is 10.6 Å². The Morgan fingerprint density at radius 2 is 2.25 bits per heavy atom. The van der Waals surface area contributed by atoms with Crippen molar-refractivity contribution in [2.24, 2.45) is 0 Å². The van der Waals surface area contributed by atoms with E-state index in [1.807, 2.05) is 0 Å². The summed E-state index contributed by atoms with van der Waals surface area (Å²) in [6.45, 7) is 5.76. The van der Waals surface area contributed by atoms with Crippen LogP contribution in [0.5, 0.6) is 0 Å². The molecule has 2 N–H and O–H groups in total. The minimum Gasteiger partial charge on any atom is -0.348 e. The lowest BCUT2D eigenvalue weighted by atomic mass is 10.0. The summed E-state index contributed by atoms with van der Waals surface area (Å²) in [6, 6.07) is -0.0109. The van der Waals surface area contributed by atoms with Gasteiger partial charge in [0.2, 0.25) is 5.91 Å². The van der Waals surface area contributed by atoms with Gasteiger partial charge in [-0.2, -0.15) is 0 Å². The van der Waals surface area contributed by atoms with Crippen molar-refractivity contribution in [3.8, 4) is 0 Å². The van der Waals surface area contributed by atoms with Gasteiger partial charge in [-0.1, -0.05) is 20.3 Å². The van der Waals surface area contributed by atoms with Gasteiger partial charge in [-0.3, -0.25) is 4.79 Å². The molecule has 0 bridgehead atoms. The fourth-order valence-electron chi connectivity index (χ4n) is 2.03. The van der Waals surface area contributed by atoms with Crippen molar-refractivity contribution in [1.29, 1.82) is 0 Å². The maximum atomic E-state index is 11.9. The monoisotopic (exact) mass is 339 g/mol. The Hall–Kier alpha value is -0.360. The lowest BCUT2D eigenvalue weighted by Crippen LogP contribution is -2.46. The molecule has 0 spiro atoms. The second-order valence-corrected chi connectivity index (χ2v) is 5.98. The van der Waals surface area contributed by atoms with Gasteiger partial charge in [-0.15, -0.1) is 36.2 Å². The van der Waals surface area contributed by atoms with E-state index in [0.717, 1.165) is 30.1 Å². The predicted octanol–water partition coefficient (Wildman–Crippen LogP) is 2.87. The highest BCUT2D eigenvalue weighted by molar-refractivity contribution is 7.09. The van der Waals surface area contributed by atoms with E-state index in [9.17, 15) is 4.79 Å². The largest absolute Gasteiger partial charge is 0.348 e. The van der Waals surface area contributed by atoms with Gasteiger partial charge in [-0.25, -0.2) is 4.98 Å². The van der Waals surface area contributed by atoms with Crippen LogP contribution in [0.3, 0.4) is 0 Å². The summed E-state index contributed by atoms with van der Waals surface area (Å²) < 4.78 is 0. The average Bonchev–Trinajstić information content (AvgIpc) is 2.86. The first-order valence-electron chi connectivity index (χ1n) is 6.62. The molecule has 20 heavy (non-hydrogen) atoms. The quantitative estimate of drug-likeness (QED) is 0.886. The topological polar surface area (TPSA) is 54.0 Å². The maximum Gasteiger partial charge on any atom is 0.237 e. The molecule has 0 unspecified atom stereocenters. The molecule has 1 amide bonds. The number of nitrogens with one attached hydrogen (secondary N) is 2. The molecule has 1 aromatic heterocycles. The third-order valence-electron chi connectivity index (χ3n) is 3.20. The van der Waals surface area contributed by atoms with Crippen molar-refractivity contribution < 1.29 is 4.79 Å². The van der Waals surface area contributed by atoms with Crippen LogP contribution in [0.4, 0.5) is 0 Å². The summed E-state index contributed by atoms with van der Waals surface area (Å²) in [7, 11) is 0. The van der Waals surface area contributed by atoms with Crippen LogP contribution in [0.1, 0.15) is 49.7 Å². The van der Waals surface area contributed by atoms with Crippen LogP contribution in [0.2, 0.25) is 0 Å². The molecular formula is C13H23Cl2N3OS. The van der Waals surface area contributed by atoms with Gasteiger partial charge in [-0.05, 0) is 25.3 Å². The summed E-state index contributed by atoms with van der Waals surface area (Å²) in [4.78, 5) is 16.4. The summed E-state index contributed by atoms with van der Waals surface area (Å²) in [6.07, 6.45) is 3.26. The zero-order valence-electron chi connectivity index (χ0n) is 11.8. The molecule has 1 fully saturated rings. The van der Waals surface area contributed by atoms with Gasteiger partial charge in [0.05, 0.1) is 18.3 Å². The van der Waals surface area contributed by atoms with Gasteiger partial charge in [0.15, 0.2) is 0 Å². The van der Waals surface area contributed by atoms with E-state index in [0.29, 0.717) is 12.5 Å². The summed E-state index contributed by atoms with van der Waals surface area (Å²) >= 11 is 1.62. The fourth-order valence-corrected chi connectivity index (χ4v) is 2.93. The van der Waals surface area contributed by atoms with Crippen LogP contribution in [-0.4, -0.2) is 23.5 Å². The number of carbonyl (C=O) groups excluding carboxylic acids is 1. The number of halogens is 2. The van der Waals surface area contributed by atoms with E-state index in [-0.39, 0.29) is 36.8 Å². The first-order valence-corrected chi connectivity index (χ1v) is 7.50. The third-order valence-corrected chi connectivity index (χ3v) is 4.07. The highest BCUT2D eigenvalue weighted by atomic mass is 35.5. The first kappa shape index (κ1) is 19.6. The number of carbonyl (C=O) groups is 1. The molecular weight excluding hydrogens is 317 g/mol. The maximum absolute atomic E-state index is 11.9. The van der Waals surface area contributed by atoms with Crippen molar-refractivity contribution in [3.63, 3.8) is 0 Å². The summed E-state index contributed by atoms with van der Waals surface area (Å²) in [5.41, 5.74) is 1.11. The number of piperidine rings is 1. The second kappa shape index (κ2) is 9.55. The molecule has 4 nitrogen and oxygen atoms in total. The molecule has 1 atom stereocenters. The minimum atomic E-state index is -0.0109. The molecule has 1 aromatic rings. The third kappa shape index (κ3) is 5.56. The SMILES string of the molecule is CC(C)c1csc(CNC(=O)[C@H]2CCCCN2)n1.Cl.Cl. The van der Waals surface area contributed by atoms with E-state index < -0.39 is 0 Å². The Labute approximate surface area is 137 Å². The number of nitrogens with zero attached hydrogens (tertiary/aromatic N) is 1. The van der Waals surface area contributed by atoms with Crippen molar-refractivity contribution in [1.82, 2.24) is 15.6 Å². The molecule has 0 saturated carbocycles. The van der Waals surface area contributed by atoms with Gasteiger partial charge >= 0.3 is 0 Å². The molecule has 0 aromatic carbocycles. The standard InChI is InChI=1S/C13H21N3OS.2ClH/c1-9(2)11-8-18-12(16-11)7-15-13(17)10-5-3-4-6-14-10;;/h8-10,14H,3-7H2,1-2H3,(H,15,17);2*1H/t10-;;/m1../s1. The number of amides is 1. The molecule has 7 heteroatoms. The van der Waals surface area contributed by atoms with Gasteiger partial charge in [0.25, 0.3) is 0 Å². The molecule has 2 heterocycles. The molecule has 1 saturated heterocycles. The van der Waals surface area contributed by atoms with Gasteiger partial charge in [0, 0.05) is 5.38 Å². The lowest BCUT2D eigenvalue weighted by Gasteiger charge is -2.22. The van der Waals surface area contributed by atoms with Crippen molar-refractivity contribution in [2.75, 3.05) is 6.54 Å². The van der Waals surface area contributed by atoms with Crippen LogP contribution in [0.25, 0.3) is 0 Å². The number of aromatic nitrogens is 1. The van der Waals surface area contributed by atoms with E-state index in [4.69, 9.17) is 0 Å². The summed E-state index contributed by atoms with van der Waals surface area (Å²) in [5.74, 6) is 0.557. The minimum absolute atomic E-state index is 0. The normalized spacial score (nSPS) is 18.1. The molecule has 0 radical (unpaired) electrons. The fraction of sp³-hybridized carbons (Fsp3) is 0.692. The zero-order chi connectivity index (χ0) is 13.0. The Morgan fingerprint density at radius 3 is 2.80 bits per heavy atom. The number of hydrogen-bond acceptors (Lipinski definition) is 4. The molecule has 116 valence electrons. The highest BCUT2D eigenvalue weighted by Crippen LogP contribution is 2.17. The van der Waals surface area contributed by atoms with Crippen LogP contribution in [0.15, 0.2) is 5.38 Å². The predicted molar refractivity (Wildman–Crippen MR) is 88.2 cm³/mol. The van der Waals surface area contributed by atoms with Crippen molar-refractivity contribution >= 4 is 42.1 Å². The first-order chi connectivity index (χ1) is 8.66. The highest BCUT2D eigenvalue weighted by Gasteiger charge is 2.20. The van der Waals surface area contributed by atoms with E-state index >= 15 is 0 Å². The Bertz CT molecular complexity index is 406. The van der Waals surface area contributed by atoms with Crippen LogP contribution in [0, 0.1) is 0 Å². The van der Waals surface area contributed by atoms with E-state index in [1.54, 1.807) is 11.3 Å². The van der Waals surface area contributed by atoms with Crippen molar-refractivity contribution in [3.05, 3.63) is 16.1 Å². The van der Waals surface area contributed by atoms with Crippen molar-refractivity contribution in [2.45, 2.75) is 51.6 Å². The molecule has 0 aliphatic carbocycles. The van der Waals surface area contributed by atoms with E-state index in [1.165, 1.54) is 6.42 Å². The molecule has 2 rings (SSSR count). The molecule has 1 aliphatic heterocycles. The zero-order valence-corrected chi connectivity index (χ0v) is 14.3. The van der Waals surface area contributed by atoms with Gasteiger partial charge in [0.1, 0.15) is 5.01 Å². The number of thiazole rings is 1. The van der Waals surface area contributed by atoms with Crippen LogP contribution in [-0.2, 0) is 11.3 Å². The Balaban J connectivity index is 0.00000180. The van der Waals surface area contributed by atoms with Crippen LogP contribution >= 0.6 is 36.2 Å². The summed E-state index contributed by atoms with van der Waals surface area (Å²) in [5, 5.41) is 9.28. The smallest absolute Gasteiger partial charge is 0.237 e. The average molecular weight is 340 g/mol. The number of rotatable bonds is 4. The van der Waals surface area contributed by atoms with Gasteiger partial charge < -0.3 is 10.6 Å². The Morgan fingerprint density at radius 1 is 1.50 bits per heavy atom. The van der Waals surface area contributed by atoms with E-state index in [2.05, 4.69) is 34.8 Å².